The summed E-state index contributed by atoms with van der Waals surface area (Å²) >= 11 is 0. The van der Waals surface area contributed by atoms with Crippen molar-refractivity contribution in [2.45, 2.75) is 32.6 Å². The number of unbranched alkanes of at least 4 members (excludes halogenated alkanes) is 2. The zero-order valence-corrected chi connectivity index (χ0v) is 15.2. The summed E-state index contributed by atoms with van der Waals surface area (Å²) in [5.74, 6) is 1.03. The van der Waals surface area contributed by atoms with Gasteiger partial charge in [-0.25, -0.2) is 0 Å². The summed E-state index contributed by atoms with van der Waals surface area (Å²) in [5.41, 5.74) is 0.770. The molecule has 0 aromatic heterocycles. The number of benzene rings is 1. The molecule has 0 radical (unpaired) electrons. The number of ether oxygens (including phenoxy) is 3. The molecule has 0 heterocycles. The van der Waals surface area contributed by atoms with Gasteiger partial charge in [-0.05, 0) is 44.0 Å². The molecule has 0 aliphatic heterocycles. The molecule has 1 amide bonds. The van der Waals surface area contributed by atoms with Crippen molar-refractivity contribution in [2.24, 2.45) is 0 Å². The van der Waals surface area contributed by atoms with Gasteiger partial charge in [0.05, 0.1) is 20.8 Å². The van der Waals surface area contributed by atoms with Crippen LogP contribution in [0.1, 0.15) is 38.2 Å². The van der Waals surface area contributed by atoms with Crippen LogP contribution in [0.15, 0.2) is 24.3 Å². The van der Waals surface area contributed by atoms with Gasteiger partial charge in [-0.2, -0.15) is 0 Å². The van der Waals surface area contributed by atoms with Gasteiger partial charge in [0, 0.05) is 24.6 Å². The predicted octanol–water partition coefficient (Wildman–Crippen LogP) is 2.96. The molecule has 0 spiro atoms. The molecule has 0 unspecified atom stereocenters. The molecule has 0 aliphatic rings. The number of amides is 1. The van der Waals surface area contributed by atoms with E-state index >= 15 is 0 Å². The van der Waals surface area contributed by atoms with Crippen molar-refractivity contribution in [1.29, 1.82) is 0 Å². The fourth-order valence-corrected chi connectivity index (χ4v) is 2.21. The van der Waals surface area contributed by atoms with E-state index in [4.69, 9.17) is 14.2 Å². The Morgan fingerprint density at radius 2 is 1.92 bits per heavy atom. The Kier molecular flexibility index (Phi) is 9.82. The summed E-state index contributed by atoms with van der Waals surface area (Å²) in [6.07, 6.45) is 6.05. The maximum atomic E-state index is 11.9. The van der Waals surface area contributed by atoms with Crippen molar-refractivity contribution in [1.82, 2.24) is 5.32 Å². The van der Waals surface area contributed by atoms with Crippen LogP contribution in [-0.2, 0) is 14.3 Å². The summed E-state index contributed by atoms with van der Waals surface area (Å²) in [6.45, 7) is 2.78. The van der Waals surface area contributed by atoms with Crippen molar-refractivity contribution in [3.05, 3.63) is 29.8 Å². The van der Waals surface area contributed by atoms with E-state index in [-0.39, 0.29) is 11.9 Å². The summed E-state index contributed by atoms with van der Waals surface area (Å²) in [5, 5.41) is 2.82. The molecule has 0 fully saturated rings. The van der Waals surface area contributed by atoms with E-state index in [1.165, 1.54) is 6.08 Å². The van der Waals surface area contributed by atoms with Crippen molar-refractivity contribution in [3.63, 3.8) is 0 Å². The average Bonchev–Trinajstić information content (AvgIpc) is 2.62. The molecule has 6 nitrogen and oxygen atoms in total. The van der Waals surface area contributed by atoms with Gasteiger partial charge in [0.25, 0.3) is 0 Å². The number of hydrogen-bond donors (Lipinski definition) is 1. The topological polar surface area (TPSA) is 73.9 Å². The molecule has 0 saturated carbocycles. The molecular weight excluding hydrogens is 322 g/mol. The molecule has 1 aromatic rings. The highest BCUT2D eigenvalue weighted by molar-refractivity contribution is 5.92. The summed E-state index contributed by atoms with van der Waals surface area (Å²) in [6, 6.07) is 5.39. The Labute approximate surface area is 149 Å². The van der Waals surface area contributed by atoms with Crippen molar-refractivity contribution >= 4 is 18.0 Å². The molecule has 0 aliphatic carbocycles. The first-order chi connectivity index (χ1) is 12.1. The number of hydrogen-bond acceptors (Lipinski definition) is 5. The van der Waals surface area contributed by atoms with E-state index in [9.17, 15) is 9.59 Å². The molecule has 0 bridgehead atoms. The van der Waals surface area contributed by atoms with E-state index in [1.54, 1.807) is 45.4 Å². The highest BCUT2D eigenvalue weighted by Crippen LogP contribution is 2.24. The smallest absolute Gasteiger partial charge is 0.305 e. The van der Waals surface area contributed by atoms with Gasteiger partial charge >= 0.3 is 5.97 Å². The zero-order valence-electron chi connectivity index (χ0n) is 15.2. The second-order valence-electron chi connectivity index (χ2n) is 5.35. The lowest BCUT2D eigenvalue weighted by Crippen LogP contribution is -2.22. The molecule has 1 rings (SSSR count). The number of rotatable bonds is 11. The maximum Gasteiger partial charge on any atom is 0.305 e. The summed E-state index contributed by atoms with van der Waals surface area (Å²) in [7, 11) is 3.17. The van der Waals surface area contributed by atoms with Crippen LogP contribution >= 0.6 is 0 Å². The Morgan fingerprint density at radius 1 is 1.12 bits per heavy atom. The van der Waals surface area contributed by atoms with Crippen LogP contribution in [0.3, 0.4) is 0 Å². The van der Waals surface area contributed by atoms with Crippen LogP contribution in [0.25, 0.3) is 6.08 Å². The zero-order chi connectivity index (χ0) is 18.5. The number of carbonyl (C=O) groups excluding carboxylic acids is 2. The van der Waals surface area contributed by atoms with Crippen LogP contribution in [0.5, 0.6) is 11.5 Å². The lowest BCUT2D eigenvalue weighted by Gasteiger charge is -2.07. The van der Waals surface area contributed by atoms with Crippen molar-refractivity contribution in [3.8, 4) is 11.5 Å². The van der Waals surface area contributed by atoms with E-state index in [0.717, 1.165) is 24.8 Å². The number of methoxy groups -OCH3 is 2. The quantitative estimate of drug-likeness (QED) is 0.378. The van der Waals surface area contributed by atoms with Crippen LogP contribution in [-0.4, -0.2) is 39.2 Å². The Bertz CT molecular complexity index is 583. The fraction of sp³-hybridized carbons (Fsp3) is 0.474. The Balaban J connectivity index is 2.32. The van der Waals surface area contributed by atoms with Crippen LogP contribution in [0, 0.1) is 0 Å². The number of esters is 1. The van der Waals surface area contributed by atoms with Crippen LogP contribution < -0.4 is 14.8 Å². The van der Waals surface area contributed by atoms with Gasteiger partial charge in [0.1, 0.15) is 11.5 Å². The molecular formula is C19H27NO5. The highest BCUT2D eigenvalue weighted by Gasteiger charge is 2.03. The Morgan fingerprint density at radius 3 is 2.60 bits per heavy atom. The SMILES string of the molecule is CCOC(=O)CCCCCNC(=O)/C=C/c1cc(OC)ccc1OC. The van der Waals surface area contributed by atoms with Gasteiger partial charge in [0.15, 0.2) is 0 Å². The minimum absolute atomic E-state index is 0.165. The first-order valence-electron chi connectivity index (χ1n) is 8.44. The maximum absolute atomic E-state index is 11.9. The predicted molar refractivity (Wildman–Crippen MR) is 96.7 cm³/mol. The lowest BCUT2D eigenvalue weighted by molar-refractivity contribution is -0.143. The molecule has 6 heteroatoms. The first-order valence-corrected chi connectivity index (χ1v) is 8.44. The molecule has 138 valence electrons. The van der Waals surface area contributed by atoms with E-state index in [2.05, 4.69) is 5.32 Å². The van der Waals surface area contributed by atoms with Gasteiger partial charge in [0.2, 0.25) is 5.91 Å². The third-order valence-corrected chi connectivity index (χ3v) is 3.51. The molecule has 0 atom stereocenters. The second-order valence-corrected chi connectivity index (χ2v) is 5.35. The second kappa shape index (κ2) is 11.9. The largest absolute Gasteiger partial charge is 0.497 e. The van der Waals surface area contributed by atoms with Gasteiger partial charge in [-0.3, -0.25) is 9.59 Å². The van der Waals surface area contributed by atoms with Gasteiger partial charge in [-0.1, -0.05) is 6.42 Å². The van der Waals surface area contributed by atoms with E-state index < -0.39 is 0 Å². The first kappa shape index (κ1) is 20.5. The van der Waals surface area contributed by atoms with Crippen LogP contribution in [0.4, 0.5) is 0 Å². The normalized spacial score (nSPS) is 10.5. The van der Waals surface area contributed by atoms with E-state index in [0.29, 0.717) is 31.1 Å². The third-order valence-electron chi connectivity index (χ3n) is 3.51. The molecule has 1 N–H and O–H groups in total. The average molecular weight is 349 g/mol. The highest BCUT2D eigenvalue weighted by atomic mass is 16.5. The van der Waals surface area contributed by atoms with E-state index in [1.807, 2.05) is 0 Å². The summed E-state index contributed by atoms with van der Waals surface area (Å²) < 4.78 is 15.3. The standard InChI is InChI=1S/C19H27NO5/c1-4-25-19(22)8-6-5-7-13-20-18(21)12-9-15-14-16(23-2)10-11-17(15)24-3/h9-12,14H,4-8,13H2,1-3H3,(H,20,21)/b12-9+. The monoisotopic (exact) mass is 349 g/mol. The molecule has 1 aromatic carbocycles. The number of carbonyl (C=O) groups is 2. The van der Waals surface area contributed by atoms with Gasteiger partial charge < -0.3 is 19.5 Å². The Hall–Kier alpha value is -2.50. The molecule has 25 heavy (non-hydrogen) atoms. The number of nitrogens with one attached hydrogen (secondary N) is 1. The van der Waals surface area contributed by atoms with Crippen LogP contribution in [0.2, 0.25) is 0 Å². The van der Waals surface area contributed by atoms with Gasteiger partial charge in [-0.15, -0.1) is 0 Å². The third kappa shape index (κ3) is 8.24. The van der Waals surface area contributed by atoms with Crippen molar-refractivity contribution in [2.75, 3.05) is 27.4 Å². The minimum Gasteiger partial charge on any atom is -0.497 e. The fourth-order valence-electron chi connectivity index (χ4n) is 2.21. The van der Waals surface area contributed by atoms with Crippen molar-refractivity contribution < 1.29 is 23.8 Å². The minimum atomic E-state index is -0.171. The molecule has 0 saturated heterocycles. The lowest BCUT2D eigenvalue weighted by atomic mass is 10.1. The summed E-state index contributed by atoms with van der Waals surface area (Å²) in [4.78, 5) is 23.0.